The molecule has 2 rings (SSSR count). The highest BCUT2D eigenvalue weighted by molar-refractivity contribution is 9.10. The first-order valence-corrected chi connectivity index (χ1v) is 7.35. The smallest absolute Gasteiger partial charge is 0.124 e. The molecule has 0 radical (unpaired) electrons. The van der Waals surface area contributed by atoms with Gasteiger partial charge in [0.05, 0.1) is 13.2 Å². The van der Waals surface area contributed by atoms with Crippen molar-refractivity contribution in [3.05, 3.63) is 49.6 Å². The lowest BCUT2D eigenvalue weighted by molar-refractivity contribution is 0.408. The molecule has 0 aliphatic rings. The van der Waals surface area contributed by atoms with Crippen LogP contribution in [0.1, 0.15) is 27.6 Å². The van der Waals surface area contributed by atoms with E-state index in [1.165, 1.54) is 0 Å². The van der Waals surface area contributed by atoms with Crippen molar-refractivity contribution < 1.29 is 4.74 Å². The maximum absolute atomic E-state index is 6.33. The fourth-order valence-corrected chi connectivity index (χ4v) is 3.81. The van der Waals surface area contributed by atoms with Crippen LogP contribution in [0.4, 0.5) is 0 Å². The summed E-state index contributed by atoms with van der Waals surface area (Å²) in [6.07, 6.45) is 0. The molecule has 0 aliphatic heterocycles. The number of nitrogens with two attached hydrogens (primary N) is 1. The summed E-state index contributed by atoms with van der Waals surface area (Å²) in [5.74, 6) is 0.941. The Hall–Kier alpha value is -0.840. The summed E-state index contributed by atoms with van der Waals surface area (Å²) in [5, 5.41) is 2.04. The van der Waals surface area contributed by atoms with Gasteiger partial charge in [-0.2, -0.15) is 0 Å². The molecule has 1 aromatic heterocycles. The Morgan fingerprint density at radius 3 is 2.33 bits per heavy atom. The number of thiophene rings is 1. The van der Waals surface area contributed by atoms with Gasteiger partial charge in [0.15, 0.2) is 0 Å². The highest BCUT2D eigenvalue weighted by Gasteiger charge is 2.16. The SMILES string of the molecule is COc1c(C)cc(C(N)c2sccc2Br)cc1C. The van der Waals surface area contributed by atoms with Crippen molar-refractivity contribution in [3.63, 3.8) is 0 Å². The summed E-state index contributed by atoms with van der Waals surface area (Å²) in [6, 6.07) is 6.14. The van der Waals surface area contributed by atoms with E-state index in [1.54, 1.807) is 18.4 Å². The monoisotopic (exact) mass is 325 g/mol. The number of ether oxygens (including phenoxy) is 1. The van der Waals surface area contributed by atoms with E-state index in [-0.39, 0.29) is 6.04 Å². The molecule has 2 N–H and O–H groups in total. The van der Waals surface area contributed by atoms with Gasteiger partial charge in [-0.25, -0.2) is 0 Å². The molecule has 0 saturated heterocycles. The Kier molecular flexibility index (Phi) is 4.10. The highest BCUT2D eigenvalue weighted by Crippen LogP contribution is 2.34. The predicted octanol–water partition coefficient (Wildman–Crippen LogP) is 4.18. The number of halogens is 1. The lowest BCUT2D eigenvalue weighted by Crippen LogP contribution is -2.11. The number of aryl methyl sites for hydroxylation is 2. The first-order chi connectivity index (χ1) is 8.54. The molecule has 0 fully saturated rings. The van der Waals surface area contributed by atoms with Crippen molar-refractivity contribution in [1.29, 1.82) is 0 Å². The second-order valence-electron chi connectivity index (χ2n) is 4.30. The zero-order valence-electron chi connectivity index (χ0n) is 10.7. The van der Waals surface area contributed by atoms with E-state index < -0.39 is 0 Å². The van der Waals surface area contributed by atoms with Crippen molar-refractivity contribution in [2.45, 2.75) is 19.9 Å². The molecule has 1 aromatic carbocycles. The normalized spacial score (nSPS) is 12.5. The number of rotatable bonds is 3. The summed E-state index contributed by atoms with van der Waals surface area (Å²) in [6.45, 7) is 4.09. The van der Waals surface area contributed by atoms with Crippen LogP contribution in [0.5, 0.6) is 5.75 Å². The average molecular weight is 326 g/mol. The van der Waals surface area contributed by atoms with Gasteiger partial charge in [0, 0.05) is 9.35 Å². The lowest BCUT2D eigenvalue weighted by Gasteiger charge is -2.16. The Labute approximate surface area is 120 Å². The molecule has 0 bridgehead atoms. The molecule has 0 aliphatic carbocycles. The van der Waals surface area contributed by atoms with Crippen LogP contribution in [0.25, 0.3) is 0 Å². The van der Waals surface area contributed by atoms with Gasteiger partial charge < -0.3 is 10.5 Å². The predicted molar refractivity (Wildman–Crippen MR) is 80.5 cm³/mol. The van der Waals surface area contributed by atoms with Gasteiger partial charge in [0.25, 0.3) is 0 Å². The second kappa shape index (κ2) is 5.43. The van der Waals surface area contributed by atoms with Crippen LogP contribution in [-0.4, -0.2) is 7.11 Å². The minimum Gasteiger partial charge on any atom is -0.496 e. The summed E-state index contributed by atoms with van der Waals surface area (Å²) >= 11 is 5.21. The molecule has 96 valence electrons. The molecule has 2 aromatic rings. The first-order valence-electron chi connectivity index (χ1n) is 5.68. The van der Waals surface area contributed by atoms with E-state index in [9.17, 15) is 0 Å². The van der Waals surface area contributed by atoms with Gasteiger partial charge in [-0.05, 0) is 57.9 Å². The maximum atomic E-state index is 6.33. The summed E-state index contributed by atoms with van der Waals surface area (Å²) in [4.78, 5) is 1.15. The Bertz CT molecular complexity index is 542. The molecule has 0 spiro atoms. The zero-order chi connectivity index (χ0) is 13.3. The third-order valence-corrected chi connectivity index (χ3v) is 4.93. The number of hydrogen-bond donors (Lipinski definition) is 1. The largest absolute Gasteiger partial charge is 0.496 e. The fourth-order valence-electron chi connectivity index (χ4n) is 2.16. The van der Waals surface area contributed by atoms with Crippen LogP contribution in [0.2, 0.25) is 0 Å². The van der Waals surface area contributed by atoms with E-state index >= 15 is 0 Å². The number of hydrogen-bond acceptors (Lipinski definition) is 3. The molecular formula is C14H16BrNOS. The van der Waals surface area contributed by atoms with E-state index in [4.69, 9.17) is 10.5 Å². The van der Waals surface area contributed by atoms with E-state index in [2.05, 4.69) is 28.1 Å². The molecule has 0 saturated carbocycles. The van der Waals surface area contributed by atoms with Gasteiger partial charge in [-0.3, -0.25) is 0 Å². The minimum atomic E-state index is -0.0947. The van der Waals surface area contributed by atoms with Gasteiger partial charge in [-0.15, -0.1) is 11.3 Å². The third-order valence-electron chi connectivity index (χ3n) is 2.97. The topological polar surface area (TPSA) is 35.2 Å². The van der Waals surface area contributed by atoms with Crippen LogP contribution in [0.15, 0.2) is 28.1 Å². The molecule has 1 atom stereocenters. The summed E-state index contributed by atoms with van der Waals surface area (Å²) < 4.78 is 6.45. The van der Waals surface area contributed by atoms with Crippen molar-refractivity contribution in [1.82, 2.24) is 0 Å². The molecule has 2 nitrogen and oxygen atoms in total. The van der Waals surface area contributed by atoms with E-state index in [1.807, 2.05) is 25.3 Å². The molecule has 1 heterocycles. The van der Waals surface area contributed by atoms with Crippen LogP contribution in [0, 0.1) is 13.8 Å². The second-order valence-corrected chi connectivity index (χ2v) is 6.10. The standard InChI is InChI=1S/C14H16BrNOS/c1-8-6-10(7-9(2)13(8)17-3)12(16)14-11(15)4-5-18-14/h4-7,12H,16H2,1-3H3. The van der Waals surface area contributed by atoms with Crippen LogP contribution >= 0.6 is 27.3 Å². The van der Waals surface area contributed by atoms with Gasteiger partial charge in [0.1, 0.15) is 5.75 Å². The van der Waals surface area contributed by atoms with E-state index in [0.717, 1.165) is 31.8 Å². The highest BCUT2D eigenvalue weighted by atomic mass is 79.9. The number of methoxy groups -OCH3 is 1. The lowest BCUT2D eigenvalue weighted by atomic mass is 10.00. The van der Waals surface area contributed by atoms with Crippen LogP contribution in [-0.2, 0) is 0 Å². The first kappa shape index (κ1) is 13.6. The minimum absolute atomic E-state index is 0.0947. The Morgan fingerprint density at radius 1 is 1.28 bits per heavy atom. The van der Waals surface area contributed by atoms with Gasteiger partial charge in [-0.1, -0.05) is 12.1 Å². The van der Waals surface area contributed by atoms with Crippen molar-refractivity contribution in [2.75, 3.05) is 7.11 Å². The zero-order valence-corrected chi connectivity index (χ0v) is 13.1. The summed E-state index contributed by atoms with van der Waals surface area (Å²) in [7, 11) is 1.70. The summed E-state index contributed by atoms with van der Waals surface area (Å²) in [5.41, 5.74) is 9.69. The molecular weight excluding hydrogens is 310 g/mol. The van der Waals surface area contributed by atoms with Gasteiger partial charge in [0.2, 0.25) is 0 Å². The maximum Gasteiger partial charge on any atom is 0.124 e. The molecule has 4 heteroatoms. The van der Waals surface area contributed by atoms with E-state index in [0.29, 0.717) is 0 Å². The molecule has 0 amide bonds. The average Bonchev–Trinajstić information content (AvgIpc) is 2.74. The Balaban J connectivity index is 2.43. The molecule has 1 unspecified atom stereocenters. The Morgan fingerprint density at radius 2 is 1.89 bits per heavy atom. The third kappa shape index (κ3) is 2.46. The van der Waals surface area contributed by atoms with Crippen molar-refractivity contribution >= 4 is 27.3 Å². The van der Waals surface area contributed by atoms with Gasteiger partial charge >= 0.3 is 0 Å². The molecule has 18 heavy (non-hydrogen) atoms. The van der Waals surface area contributed by atoms with Crippen LogP contribution in [0.3, 0.4) is 0 Å². The van der Waals surface area contributed by atoms with Crippen molar-refractivity contribution in [2.24, 2.45) is 5.73 Å². The van der Waals surface area contributed by atoms with Crippen LogP contribution < -0.4 is 10.5 Å². The fraction of sp³-hybridized carbons (Fsp3) is 0.286. The number of benzene rings is 1. The van der Waals surface area contributed by atoms with Crippen molar-refractivity contribution in [3.8, 4) is 5.75 Å². The quantitative estimate of drug-likeness (QED) is 0.918.